The smallest absolute Gasteiger partial charge is 0.276 e. The SMILES string of the molecule is CCn1cc(C(=O)N2CCOCC2CCOC)nn1. The summed E-state index contributed by atoms with van der Waals surface area (Å²) in [6, 6.07) is 0.0491. The van der Waals surface area contributed by atoms with E-state index in [-0.39, 0.29) is 11.9 Å². The third kappa shape index (κ3) is 3.30. The minimum Gasteiger partial charge on any atom is -0.385 e. The van der Waals surface area contributed by atoms with Crippen molar-refractivity contribution in [2.45, 2.75) is 25.9 Å². The summed E-state index contributed by atoms with van der Waals surface area (Å²) in [6.07, 6.45) is 2.45. The Balaban J connectivity index is 2.06. The number of aromatic nitrogens is 3. The van der Waals surface area contributed by atoms with Crippen molar-refractivity contribution in [2.24, 2.45) is 0 Å². The number of carbonyl (C=O) groups excluding carboxylic acids is 1. The van der Waals surface area contributed by atoms with Crippen LogP contribution in [-0.2, 0) is 16.0 Å². The number of methoxy groups -OCH3 is 1. The highest BCUT2D eigenvalue weighted by Crippen LogP contribution is 2.14. The molecule has 1 aliphatic heterocycles. The van der Waals surface area contributed by atoms with Gasteiger partial charge < -0.3 is 14.4 Å². The number of hydrogen-bond acceptors (Lipinski definition) is 5. The number of aryl methyl sites for hydroxylation is 1. The fourth-order valence-electron chi connectivity index (χ4n) is 2.11. The Kier molecular flexibility index (Phi) is 4.86. The fourth-order valence-corrected chi connectivity index (χ4v) is 2.11. The van der Waals surface area contributed by atoms with E-state index in [1.54, 1.807) is 18.0 Å². The molecule has 1 saturated heterocycles. The highest BCUT2D eigenvalue weighted by atomic mass is 16.5. The first-order valence-electron chi connectivity index (χ1n) is 6.54. The summed E-state index contributed by atoms with van der Waals surface area (Å²) in [7, 11) is 1.66. The first-order chi connectivity index (χ1) is 9.26. The zero-order valence-corrected chi connectivity index (χ0v) is 11.4. The van der Waals surface area contributed by atoms with E-state index in [1.165, 1.54) is 0 Å². The van der Waals surface area contributed by atoms with Crippen LogP contribution in [0.4, 0.5) is 0 Å². The highest BCUT2D eigenvalue weighted by Gasteiger charge is 2.29. The monoisotopic (exact) mass is 268 g/mol. The molecule has 1 aromatic rings. The molecular formula is C12H20N4O3. The van der Waals surface area contributed by atoms with Crippen molar-refractivity contribution in [3.8, 4) is 0 Å². The van der Waals surface area contributed by atoms with Crippen LogP contribution >= 0.6 is 0 Å². The quantitative estimate of drug-likeness (QED) is 0.761. The average molecular weight is 268 g/mol. The lowest BCUT2D eigenvalue weighted by molar-refractivity contribution is -0.0106. The summed E-state index contributed by atoms with van der Waals surface area (Å²) in [5.74, 6) is -0.0795. The van der Waals surface area contributed by atoms with Crippen LogP contribution in [0.1, 0.15) is 23.8 Å². The molecule has 7 heteroatoms. The standard InChI is InChI=1S/C12H20N4O3/c1-3-15-8-11(13-14-15)12(17)16-5-7-19-9-10(16)4-6-18-2/h8,10H,3-7,9H2,1-2H3. The van der Waals surface area contributed by atoms with Gasteiger partial charge in [0.1, 0.15) is 0 Å². The van der Waals surface area contributed by atoms with E-state index < -0.39 is 0 Å². The Labute approximate surface area is 112 Å². The molecule has 106 valence electrons. The Morgan fingerprint density at radius 2 is 2.47 bits per heavy atom. The summed E-state index contributed by atoms with van der Waals surface area (Å²) in [6.45, 7) is 4.98. The van der Waals surface area contributed by atoms with Crippen molar-refractivity contribution < 1.29 is 14.3 Å². The largest absolute Gasteiger partial charge is 0.385 e. The van der Waals surface area contributed by atoms with Crippen molar-refractivity contribution in [1.82, 2.24) is 19.9 Å². The number of rotatable bonds is 5. The van der Waals surface area contributed by atoms with Gasteiger partial charge in [-0.2, -0.15) is 0 Å². The summed E-state index contributed by atoms with van der Waals surface area (Å²) in [5.41, 5.74) is 0.395. The van der Waals surface area contributed by atoms with E-state index in [4.69, 9.17) is 9.47 Å². The van der Waals surface area contributed by atoms with Crippen molar-refractivity contribution >= 4 is 5.91 Å². The molecule has 0 aromatic carbocycles. The number of hydrogen-bond donors (Lipinski definition) is 0. The van der Waals surface area contributed by atoms with Gasteiger partial charge in [-0.05, 0) is 13.3 Å². The van der Waals surface area contributed by atoms with Crippen molar-refractivity contribution in [3.63, 3.8) is 0 Å². The second kappa shape index (κ2) is 6.63. The first kappa shape index (κ1) is 14.0. The van der Waals surface area contributed by atoms with Crippen molar-refractivity contribution in [2.75, 3.05) is 33.5 Å². The van der Waals surface area contributed by atoms with Crippen LogP contribution in [0.2, 0.25) is 0 Å². The number of nitrogens with zero attached hydrogens (tertiary/aromatic N) is 4. The normalized spacial score (nSPS) is 19.7. The van der Waals surface area contributed by atoms with Crippen LogP contribution in [-0.4, -0.2) is 65.3 Å². The number of ether oxygens (including phenoxy) is 2. The van der Waals surface area contributed by atoms with E-state index in [2.05, 4.69) is 10.3 Å². The van der Waals surface area contributed by atoms with Gasteiger partial charge in [0, 0.05) is 26.8 Å². The van der Waals surface area contributed by atoms with Crippen LogP contribution in [0.5, 0.6) is 0 Å². The van der Waals surface area contributed by atoms with Gasteiger partial charge >= 0.3 is 0 Å². The molecule has 1 aromatic heterocycles. The summed E-state index contributed by atoms with van der Waals surface area (Å²) in [5, 5.41) is 7.83. The van der Waals surface area contributed by atoms with Crippen LogP contribution in [0.25, 0.3) is 0 Å². The molecule has 1 fully saturated rings. The maximum atomic E-state index is 12.4. The Morgan fingerprint density at radius 3 is 3.16 bits per heavy atom. The lowest BCUT2D eigenvalue weighted by Gasteiger charge is -2.35. The molecule has 0 bridgehead atoms. The van der Waals surface area contributed by atoms with Crippen LogP contribution in [0.15, 0.2) is 6.20 Å². The van der Waals surface area contributed by atoms with Gasteiger partial charge in [-0.1, -0.05) is 5.21 Å². The predicted molar refractivity (Wildman–Crippen MR) is 67.8 cm³/mol. The fraction of sp³-hybridized carbons (Fsp3) is 0.750. The van der Waals surface area contributed by atoms with Gasteiger partial charge in [0.05, 0.1) is 25.5 Å². The van der Waals surface area contributed by atoms with Crippen molar-refractivity contribution in [3.05, 3.63) is 11.9 Å². The van der Waals surface area contributed by atoms with E-state index in [9.17, 15) is 4.79 Å². The van der Waals surface area contributed by atoms with E-state index in [1.807, 2.05) is 11.8 Å². The second-order valence-corrected chi connectivity index (χ2v) is 4.47. The zero-order chi connectivity index (χ0) is 13.7. The summed E-state index contributed by atoms with van der Waals surface area (Å²) >= 11 is 0. The molecule has 0 N–H and O–H groups in total. The molecule has 7 nitrogen and oxygen atoms in total. The molecule has 2 heterocycles. The molecule has 19 heavy (non-hydrogen) atoms. The minimum atomic E-state index is -0.0795. The molecule has 0 saturated carbocycles. The Morgan fingerprint density at radius 1 is 1.63 bits per heavy atom. The third-order valence-corrected chi connectivity index (χ3v) is 3.23. The maximum absolute atomic E-state index is 12.4. The minimum absolute atomic E-state index is 0.0491. The van der Waals surface area contributed by atoms with Crippen LogP contribution in [0.3, 0.4) is 0 Å². The van der Waals surface area contributed by atoms with E-state index >= 15 is 0 Å². The van der Waals surface area contributed by atoms with Gasteiger partial charge in [-0.25, -0.2) is 0 Å². The molecule has 1 aliphatic rings. The van der Waals surface area contributed by atoms with Gasteiger partial charge in [0.25, 0.3) is 5.91 Å². The molecule has 2 rings (SSSR count). The molecule has 1 unspecified atom stereocenters. The summed E-state index contributed by atoms with van der Waals surface area (Å²) in [4.78, 5) is 14.2. The number of carbonyl (C=O) groups is 1. The molecule has 1 atom stereocenters. The van der Waals surface area contributed by atoms with E-state index in [0.717, 1.165) is 6.42 Å². The molecule has 1 amide bonds. The van der Waals surface area contributed by atoms with Crippen molar-refractivity contribution in [1.29, 1.82) is 0 Å². The Hall–Kier alpha value is -1.47. The average Bonchev–Trinajstić information content (AvgIpc) is 2.93. The van der Waals surface area contributed by atoms with Gasteiger partial charge in [-0.15, -0.1) is 5.10 Å². The highest BCUT2D eigenvalue weighted by molar-refractivity contribution is 5.92. The van der Waals surface area contributed by atoms with Gasteiger partial charge in [0.2, 0.25) is 0 Å². The van der Waals surface area contributed by atoms with Crippen LogP contribution < -0.4 is 0 Å². The summed E-state index contributed by atoms with van der Waals surface area (Å²) < 4.78 is 12.2. The third-order valence-electron chi connectivity index (χ3n) is 3.23. The maximum Gasteiger partial charge on any atom is 0.276 e. The number of amides is 1. The van der Waals surface area contributed by atoms with Gasteiger partial charge in [-0.3, -0.25) is 9.48 Å². The second-order valence-electron chi connectivity index (χ2n) is 4.47. The molecule has 0 spiro atoms. The zero-order valence-electron chi connectivity index (χ0n) is 11.4. The first-order valence-corrected chi connectivity index (χ1v) is 6.54. The number of morpholine rings is 1. The molecule has 0 aliphatic carbocycles. The molecular weight excluding hydrogens is 248 g/mol. The lowest BCUT2D eigenvalue weighted by Crippen LogP contribution is -2.49. The van der Waals surface area contributed by atoms with Crippen LogP contribution in [0, 0.1) is 0 Å². The topological polar surface area (TPSA) is 69.5 Å². The van der Waals surface area contributed by atoms with E-state index in [0.29, 0.717) is 38.6 Å². The lowest BCUT2D eigenvalue weighted by atomic mass is 10.1. The van der Waals surface area contributed by atoms with Gasteiger partial charge in [0.15, 0.2) is 5.69 Å². The Bertz CT molecular complexity index is 421. The molecule has 0 radical (unpaired) electrons. The predicted octanol–water partition coefficient (Wildman–Crippen LogP) is 0.175.